The van der Waals surface area contributed by atoms with Gasteiger partial charge in [0.05, 0.1) is 11.7 Å². The predicted molar refractivity (Wildman–Crippen MR) is 66.9 cm³/mol. The second-order valence-corrected chi connectivity index (χ2v) is 6.18. The smallest absolute Gasteiger partial charge is 0.0723 e. The monoisotopic (exact) mass is 239 g/mol. The van der Waals surface area contributed by atoms with E-state index in [2.05, 4.69) is 5.32 Å². The normalized spacial score (nSPS) is 38.6. The van der Waals surface area contributed by atoms with Crippen LogP contribution < -0.4 is 5.32 Å². The molecule has 1 aliphatic carbocycles. The summed E-state index contributed by atoms with van der Waals surface area (Å²) < 4.78 is 6.04. The highest BCUT2D eigenvalue weighted by atomic mass is 16.5. The summed E-state index contributed by atoms with van der Waals surface area (Å²) in [6, 6.07) is 0.344. The third-order valence-corrected chi connectivity index (χ3v) is 5.04. The largest absolute Gasteiger partial charge is 0.391 e. The maximum absolute atomic E-state index is 10.5. The number of ether oxygens (including phenoxy) is 1. The number of nitrogens with one attached hydrogen (secondary N) is 1. The minimum atomic E-state index is -0.154. The summed E-state index contributed by atoms with van der Waals surface area (Å²) in [5, 5.41) is 13.9. The average molecular weight is 239 g/mol. The van der Waals surface area contributed by atoms with Crippen LogP contribution in [-0.2, 0) is 4.74 Å². The molecule has 0 aromatic carbocycles. The molecular weight excluding hydrogens is 214 g/mol. The van der Waals surface area contributed by atoms with Crippen molar-refractivity contribution in [1.82, 2.24) is 5.32 Å². The van der Waals surface area contributed by atoms with E-state index in [4.69, 9.17) is 4.74 Å². The number of hydrogen-bond donors (Lipinski definition) is 2. The molecule has 0 bridgehead atoms. The third-order valence-electron chi connectivity index (χ3n) is 5.04. The summed E-state index contributed by atoms with van der Waals surface area (Å²) in [4.78, 5) is 0. The van der Waals surface area contributed by atoms with Crippen LogP contribution in [0.4, 0.5) is 0 Å². The van der Waals surface area contributed by atoms with E-state index in [0.717, 1.165) is 32.4 Å². The SMILES string of the molecule is OC(C1CCOC2(CCCC2)C1)C1CCCN1. The van der Waals surface area contributed by atoms with Gasteiger partial charge in [0.25, 0.3) is 0 Å². The van der Waals surface area contributed by atoms with E-state index >= 15 is 0 Å². The summed E-state index contributed by atoms with van der Waals surface area (Å²) in [6.45, 7) is 1.94. The molecule has 0 aromatic heterocycles. The molecule has 0 amide bonds. The van der Waals surface area contributed by atoms with Gasteiger partial charge in [-0.25, -0.2) is 0 Å². The molecule has 3 fully saturated rings. The van der Waals surface area contributed by atoms with Gasteiger partial charge in [-0.05, 0) is 51.0 Å². The molecule has 3 aliphatic rings. The maximum atomic E-state index is 10.5. The standard InChI is InChI=1S/C14H25NO2/c16-13(12-4-3-8-15-12)11-5-9-17-14(10-11)6-1-2-7-14/h11-13,15-16H,1-10H2. The first-order valence-corrected chi connectivity index (χ1v) is 7.35. The molecule has 0 radical (unpaired) electrons. The first kappa shape index (κ1) is 11.9. The van der Waals surface area contributed by atoms with Crippen molar-refractivity contribution in [2.24, 2.45) is 5.92 Å². The first-order valence-electron chi connectivity index (χ1n) is 7.35. The molecule has 3 unspecified atom stereocenters. The zero-order valence-corrected chi connectivity index (χ0v) is 10.7. The van der Waals surface area contributed by atoms with Gasteiger partial charge in [-0.1, -0.05) is 12.8 Å². The van der Waals surface area contributed by atoms with Crippen LogP contribution in [0.25, 0.3) is 0 Å². The molecule has 3 atom stereocenters. The number of aliphatic hydroxyl groups excluding tert-OH is 1. The van der Waals surface area contributed by atoms with Crippen LogP contribution >= 0.6 is 0 Å². The van der Waals surface area contributed by atoms with Gasteiger partial charge in [-0.2, -0.15) is 0 Å². The first-order chi connectivity index (χ1) is 8.29. The Morgan fingerprint density at radius 2 is 2.00 bits per heavy atom. The number of hydrogen-bond acceptors (Lipinski definition) is 3. The van der Waals surface area contributed by atoms with E-state index in [1.165, 1.54) is 32.1 Å². The summed E-state index contributed by atoms with van der Waals surface area (Å²) >= 11 is 0. The Kier molecular flexibility index (Phi) is 3.42. The van der Waals surface area contributed by atoms with Crippen LogP contribution in [0.1, 0.15) is 51.4 Å². The highest BCUT2D eigenvalue weighted by Gasteiger charge is 2.43. The minimum Gasteiger partial charge on any atom is -0.391 e. The van der Waals surface area contributed by atoms with Gasteiger partial charge in [0.2, 0.25) is 0 Å². The van der Waals surface area contributed by atoms with Crippen molar-refractivity contribution in [2.75, 3.05) is 13.2 Å². The Morgan fingerprint density at radius 1 is 1.18 bits per heavy atom. The predicted octanol–water partition coefficient (Wildman–Crippen LogP) is 1.84. The molecule has 1 spiro atoms. The molecule has 3 rings (SSSR count). The van der Waals surface area contributed by atoms with Gasteiger partial charge in [0, 0.05) is 12.6 Å². The highest BCUT2D eigenvalue weighted by molar-refractivity contribution is 4.95. The van der Waals surface area contributed by atoms with E-state index in [1.54, 1.807) is 0 Å². The Bertz CT molecular complexity index is 257. The highest BCUT2D eigenvalue weighted by Crippen LogP contribution is 2.43. The van der Waals surface area contributed by atoms with Crippen molar-refractivity contribution in [3.8, 4) is 0 Å². The van der Waals surface area contributed by atoms with Crippen LogP contribution in [0.15, 0.2) is 0 Å². The lowest BCUT2D eigenvalue weighted by Crippen LogP contribution is -2.47. The Morgan fingerprint density at radius 3 is 2.71 bits per heavy atom. The second-order valence-electron chi connectivity index (χ2n) is 6.18. The van der Waals surface area contributed by atoms with Crippen molar-refractivity contribution in [3.05, 3.63) is 0 Å². The Labute approximate surface area is 104 Å². The summed E-state index contributed by atoms with van der Waals surface area (Å²) in [5.41, 5.74) is 0.141. The Hall–Kier alpha value is -0.120. The molecule has 2 aliphatic heterocycles. The molecule has 3 heteroatoms. The van der Waals surface area contributed by atoms with Gasteiger partial charge in [0.1, 0.15) is 0 Å². The van der Waals surface area contributed by atoms with Crippen LogP contribution in [0, 0.1) is 5.92 Å². The Balaban J connectivity index is 1.62. The quantitative estimate of drug-likeness (QED) is 0.772. The minimum absolute atomic E-state index is 0.141. The third kappa shape index (κ3) is 2.38. The summed E-state index contributed by atoms with van der Waals surface area (Å²) in [5.74, 6) is 0.456. The number of rotatable bonds is 2. The van der Waals surface area contributed by atoms with Crippen molar-refractivity contribution in [2.45, 2.75) is 69.1 Å². The lowest BCUT2D eigenvalue weighted by Gasteiger charge is -2.41. The maximum Gasteiger partial charge on any atom is 0.0723 e. The molecule has 17 heavy (non-hydrogen) atoms. The lowest BCUT2D eigenvalue weighted by atomic mass is 9.79. The fraction of sp³-hybridized carbons (Fsp3) is 1.00. The van der Waals surface area contributed by atoms with E-state index < -0.39 is 0 Å². The van der Waals surface area contributed by atoms with Gasteiger partial charge in [-0.3, -0.25) is 0 Å². The van der Waals surface area contributed by atoms with Gasteiger partial charge < -0.3 is 15.2 Å². The molecular formula is C14H25NO2. The zero-order valence-electron chi connectivity index (χ0n) is 10.7. The van der Waals surface area contributed by atoms with Gasteiger partial charge in [0.15, 0.2) is 0 Å². The van der Waals surface area contributed by atoms with Crippen molar-refractivity contribution in [1.29, 1.82) is 0 Å². The molecule has 2 heterocycles. The topological polar surface area (TPSA) is 41.5 Å². The molecule has 0 aromatic rings. The van der Waals surface area contributed by atoms with E-state index in [0.29, 0.717) is 12.0 Å². The molecule has 2 saturated heterocycles. The fourth-order valence-corrected chi connectivity index (χ4v) is 4.06. The van der Waals surface area contributed by atoms with Crippen molar-refractivity contribution in [3.63, 3.8) is 0 Å². The van der Waals surface area contributed by atoms with Crippen LogP contribution in [-0.4, -0.2) is 36.0 Å². The summed E-state index contributed by atoms with van der Waals surface area (Å²) in [6.07, 6.45) is 9.39. The zero-order chi connectivity index (χ0) is 11.7. The molecule has 2 N–H and O–H groups in total. The summed E-state index contributed by atoms with van der Waals surface area (Å²) in [7, 11) is 0. The van der Waals surface area contributed by atoms with Crippen LogP contribution in [0.2, 0.25) is 0 Å². The van der Waals surface area contributed by atoms with Crippen LogP contribution in [0.5, 0.6) is 0 Å². The number of aliphatic hydroxyl groups is 1. The molecule has 1 saturated carbocycles. The van der Waals surface area contributed by atoms with Gasteiger partial charge in [-0.15, -0.1) is 0 Å². The fourth-order valence-electron chi connectivity index (χ4n) is 4.06. The van der Waals surface area contributed by atoms with Crippen molar-refractivity contribution >= 4 is 0 Å². The molecule has 3 nitrogen and oxygen atoms in total. The van der Waals surface area contributed by atoms with Crippen molar-refractivity contribution < 1.29 is 9.84 Å². The van der Waals surface area contributed by atoms with Gasteiger partial charge >= 0.3 is 0 Å². The molecule has 98 valence electrons. The van der Waals surface area contributed by atoms with E-state index in [1.807, 2.05) is 0 Å². The average Bonchev–Trinajstić information content (AvgIpc) is 3.00. The van der Waals surface area contributed by atoms with E-state index in [-0.39, 0.29) is 11.7 Å². The second kappa shape index (κ2) is 4.87. The van der Waals surface area contributed by atoms with E-state index in [9.17, 15) is 5.11 Å². The lowest BCUT2D eigenvalue weighted by molar-refractivity contribution is -0.116. The van der Waals surface area contributed by atoms with Crippen LogP contribution in [0.3, 0.4) is 0 Å².